The van der Waals surface area contributed by atoms with Gasteiger partial charge in [-0.1, -0.05) is 20.3 Å². The zero-order valence-corrected chi connectivity index (χ0v) is 10.0. The van der Waals surface area contributed by atoms with Crippen molar-refractivity contribution in [2.45, 2.75) is 45.6 Å². The van der Waals surface area contributed by atoms with Crippen molar-refractivity contribution < 1.29 is 5.11 Å². The third-order valence-corrected chi connectivity index (χ3v) is 4.80. The molecule has 2 bridgehead atoms. The second-order valence-electron chi connectivity index (χ2n) is 5.97. The Labute approximate surface area is 93.2 Å². The molecule has 0 aliphatic heterocycles. The maximum absolute atomic E-state index is 10.4. The number of nitrogens with two attached hydrogens (primary N) is 1. The smallest absolute Gasteiger partial charge is 0.0613 e. The zero-order chi connectivity index (χ0) is 11.0. The Hall–Kier alpha value is -0.0800. The first-order valence-electron chi connectivity index (χ1n) is 6.51. The SMILES string of the molecule is CC(C)C(CN)C(O)C1CC2CCC1C2. The molecule has 2 fully saturated rings. The summed E-state index contributed by atoms with van der Waals surface area (Å²) in [5.41, 5.74) is 5.78. The van der Waals surface area contributed by atoms with Crippen LogP contribution in [-0.2, 0) is 0 Å². The lowest BCUT2D eigenvalue weighted by molar-refractivity contribution is 0.0112. The first kappa shape index (κ1) is 11.4. The first-order chi connectivity index (χ1) is 7.13. The van der Waals surface area contributed by atoms with Crippen LogP contribution < -0.4 is 5.73 Å². The molecule has 2 aliphatic rings. The number of aliphatic hydroxyl groups excluding tert-OH is 1. The van der Waals surface area contributed by atoms with Crippen molar-refractivity contribution in [1.29, 1.82) is 0 Å². The van der Waals surface area contributed by atoms with Gasteiger partial charge in [-0.25, -0.2) is 0 Å². The fourth-order valence-electron chi connectivity index (χ4n) is 3.84. The van der Waals surface area contributed by atoms with E-state index in [9.17, 15) is 5.11 Å². The van der Waals surface area contributed by atoms with Crippen LogP contribution >= 0.6 is 0 Å². The number of hydrogen-bond acceptors (Lipinski definition) is 2. The van der Waals surface area contributed by atoms with Crippen molar-refractivity contribution >= 4 is 0 Å². The molecule has 5 atom stereocenters. The minimum atomic E-state index is -0.148. The van der Waals surface area contributed by atoms with Gasteiger partial charge in [0.2, 0.25) is 0 Å². The summed E-state index contributed by atoms with van der Waals surface area (Å²) in [5.74, 6) is 3.08. The summed E-state index contributed by atoms with van der Waals surface area (Å²) in [6, 6.07) is 0. The lowest BCUT2D eigenvalue weighted by atomic mass is 9.76. The summed E-state index contributed by atoms with van der Waals surface area (Å²) in [4.78, 5) is 0. The number of fused-ring (bicyclic) bond motifs is 2. The van der Waals surface area contributed by atoms with Gasteiger partial charge in [0, 0.05) is 0 Å². The lowest BCUT2D eigenvalue weighted by Gasteiger charge is -2.34. The van der Waals surface area contributed by atoms with Crippen LogP contribution in [0.2, 0.25) is 0 Å². The normalized spacial score (nSPS) is 38.6. The monoisotopic (exact) mass is 211 g/mol. The molecular weight excluding hydrogens is 186 g/mol. The molecule has 0 aromatic carbocycles. The van der Waals surface area contributed by atoms with Crippen LogP contribution in [0.25, 0.3) is 0 Å². The molecule has 2 aliphatic carbocycles. The van der Waals surface area contributed by atoms with Crippen molar-refractivity contribution in [3.63, 3.8) is 0 Å². The highest BCUT2D eigenvalue weighted by Gasteiger charge is 2.44. The molecule has 0 amide bonds. The van der Waals surface area contributed by atoms with Crippen molar-refractivity contribution in [3.8, 4) is 0 Å². The van der Waals surface area contributed by atoms with E-state index in [-0.39, 0.29) is 6.10 Å². The van der Waals surface area contributed by atoms with E-state index < -0.39 is 0 Å². The molecule has 88 valence electrons. The van der Waals surface area contributed by atoms with Gasteiger partial charge in [-0.05, 0) is 55.4 Å². The average Bonchev–Trinajstić information content (AvgIpc) is 2.78. The fourth-order valence-corrected chi connectivity index (χ4v) is 3.84. The lowest BCUT2D eigenvalue weighted by Crippen LogP contribution is -2.39. The summed E-state index contributed by atoms with van der Waals surface area (Å²) in [5, 5.41) is 10.4. The van der Waals surface area contributed by atoms with Crippen LogP contribution in [-0.4, -0.2) is 17.8 Å². The molecule has 2 heteroatoms. The third kappa shape index (κ3) is 2.07. The highest BCUT2D eigenvalue weighted by atomic mass is 16.3. The largest absolute Gasteiger partial charge is 0.392 e. The van der Waals surface area contributed by atoms with Crippen LogP contribution in [0.4, 0.5) is 0 Å². The van der Waals surface area contributed by atoms with E-state index in [0.717, 1.165) is 11.8 Å². The zero-order valence-electron chi connectivity index (χ0n) is 10.0. The molecular formula is C13H25NO. The topological polar surface area (TPSA) is 46.2 Å². The fraction of sp³-hybridized carbons (Fsp3) is 1.00. The van der Waals surface area contributed by atoms with E-state index in [0.29, 0.717) is 24.3 Å². The van der Waals surface area contributed by atoms with Crippen molar-refractivity contribution in [2.75, 3.05) is 6.54 Å². The van der Waals surface area contributed by atoms with E-state index >= 15 is 0 Å². The number of aliphatic hydroxyl groups is 1. The summed E-state index contributed by atoms with van der Waals surface area (Å²) in [6.45, 7) is 4.98. The molecule has 3 N–H and O–H groups in total. The first-order valence-corrected chi connectivity index (χ1v) is 6.51. The van der Waals surface area contributed by atoms with Gasteiger partial charge in [0.25, 0.3) is 0 Å². The Morgan fingerprint density at radius 3 is 2.40 bits per heavy atom. The number of rotatable bonds is 4. The maximum Gasteiger partial charge on any atom is 0.0613 e. The minimum Gasteiger partial charge on any atom is -0.392 e. The van der Waals surface area contributed by atoms with Crippen LogP contribution in [0.15, 0.2) is 0 Å². The van der Waals surface area contributed by atoms with Crippen LogP contribution in [0.5, 0.6) is 0 Å². The molecule has 2 rings (SSSR count). The van der Waals surface area contributed by atoms with E-state index in [1.807, 2.05) is 0 Å². The molecule has 0 spiro atoms. The van der Waals surface area contributed by atoms with Crippen molar-refractivity contribution in [3.05, 3.63) is 0 Å². The van der Waals surface area contributed by atoms with Gasteiger partial charge < -0.3 is 10.8 Å². The van der Waals surface area contributed by atoms with E-state index in [1.54, 1.807) is 0 Å². The summed E-state index contributed by atoms with van der Waals surface area (Å²) in [7, 11) is 0. The van der Waals surface area contributed by atoms with E-state index in [2.05, 4.69) is 13.8 Å². The van der Waals surface area contributed by atoms with Gasteiger partial charge in [-0.2, -0.15) is 0 Å². The maximum atomic E-state index is 10.4. The third-order valence-electron chi connectivity index (χ3n) is 4.80. The Morgan fingerprint density at radius 1 is 1.27 bits per heavy atom. The van der Waals surface area contributed by atoms with Gasteiger partial charge >= 0.3 is 0 Å². The molecule has 5 unspecified atom stereocenters. The van der Waals surface area contributed by atoms with Crippen LogP contribution in [0, 0.1) is 29.6 Å². The minimum absolute atomic E-state index is 0.148. The van der Waals surface area contributed by atoms with E-state index in [1.165, 1.54) is 25.7 Å². The molecule has 0 saturated heterocycles. The highest BCUT2D eigenvalue weighted by molar-refractivity contribution is 4.95. The summed E-state index contributed by atoms with van der Waals surface area (Å²) >= 11 is 0. The molecule has 0 aromatic heterocycles. The highest BCUT2D eigenvalue weighted by Crippen LogP contribution is 2.50. The summed E-state index contributed by atoms with van der Waals surface area (Å²) in [6.07, 6.45) is 5.24. The Bertz CT molecular complexity index is 217. The molecule has 2 saturated carbocycles. The Kier molecular flexibility index (Phi) is 3.36. The van der Waals surface area contributed by atoms with Gasteiger partial charge in [-0.3, -0.25) is 0 Å². The Balaban J connectivity index is 1.98. The second-order valence-corrected chi connectivity index (χ2v) is 5.97. The molecule has 0 heterocycles. The summed E-state index contributed by atoms with van der Waals surface area (Å²) < 4.78 is 0. The quantitative estimate of drug-likeness (QED) is 0.747. The van der Waals surface area contributed by atoms with Gasteiger partial charge in [0.05, 0.1) is 6.10 Å². The number of hydrogen-bond donors (Lipinski definition) is 2. The van der Waals surface area contributed by atoms with Crippen molar-refractivity contribution in [2.24, 2.45) is 35.3 Å². The average molecular weight is 211 g/mol. The molecule has 2 nitrogen and oxygen atoms in total. The van der Waals surface area contributed by atoms with Gasteiger partial charge in [0.15, 0.2) is 0 Å². The van der Waals surface area contributed by atoms with Gasteiger partial charge in [-0.15, -0.1) is 0 Å². The van der Waals surface area contributed by atoms with Crippen LogP contribution in [0.3, 0.4) is 0 Å². The van der Waals surface area contributed by atoms with Crippen molar-refractivity contribution in [1.82, 2.24) is 0 Å². The standard InChI is InChI=1S/C13H25NO/c1-8(2)12(7-14)13(15)11-6-9-3-4-10(11)5-9/h8-13,15H,3-7,14H2,1-2H3. The second kappa shape index (κ2) is 4.42. The predicted octanol–water partition coefficient (Wildman–Crippen LogP) is 2.01. The molecule has 0 radical (unpaired) electrons. The molecule has 0 aromatic rings. The molecule has 15 heavy (non-hydrogen) atoms. The predicted molar refractivity (Wildman–Crippen MR) is 62.3 cm³/mol. The van der Waals surface area contributed by atoms with E-state index in [4.69, 9.17) is 5.73 Å². The van der Waals surface area contributed by atoms with Crippen LogP contribution in [0.1, 0.15) is 39.5 Å². The van der Waals surface area contributed by atoms with Gasteiger partial charge in [0.1, 0.15) is 0 Å². The Morgan fingerprint density at radius 2 is 2.00 bits per heavy atom.